The molecular weight excluding hydrogens is 222 g/mol. The first-order chi connectivity index (χ1) is 8.10. The van der Waals surface area contributed by atoms with Gasteiger partial charge in [-0.05, 0) is 13.8 Å². The van der Waals surface area contributed by atoms with Crippen molar-refractivity contribution < 1.29 is 9.53 Å². The van der Waals surface area contributed by atoms with Crippen LogP contribution in [0.1, 0.15) is 18.3 Å². The number of nitrogens with zero attached hydrogens (tertiary/aromatic N) is 2. The molecule has 90 valence electrons. The van der Waals surface area contributed by atoms with Crippen LogP contribution in [0, 0.1) is 6.92 Å². The van der Waals surface area contributed by atoms with E-state index in [0.717, 1.165) is 5.69 Å². The molecule has 2 aromatic heterocycles. The number of hydrogen-bond donors (Lipinski definition) is 1. The van der Waals surface area contributed by atoms with Gasteiger partial charge in [0.05, 0.1) is 18.7 Å². The van der Waals surface area contributed by atoms with E-state index in [1.54, 1.807) is 19.9 Å². The highest BCUT2D eigenvalue weighted by atomic mass is 16.5. The highest BCUT2D eigenvalue weighted by Crippen LogP contribution is 2.02. The molecule has 2 aromatic rings. The number of aromatic amines is 1. The Morgan fingerprint density at radius 1 is 1.53 bits per heavy atom. The molecule has 0 unspecified atom stereocenters. The van der Waals surface area contributed by atoms with Gasteiger partial charge in [0.25, 0.3) is 5.56 Å². The third kappa shape index (κ3) is 2.35. The zero-order valence-electron chi connectivity index (χ0n) is 9.69. The fourth-order valence-corrected chi connectivity index (χ4v) is 1.63. The van der Waals surface area contributed by atoms with Crippen molar-refractivity contribution in [2.75, 3.05) is 6.61 Å². The van der Waals surface area contributed by atoms with Gasteiger partial charge in [-0.3, -0.25) is 9.59 Å². The van der Waals surface area contributed by atoms with Crippen LogP contribution >= 0.6 is 0 Å². The van der Waals surface area contributed by atoms with E-state index >= 15 is 0 Å². The first-order valence-electron chi connectivity index (χ1n) is 5.34. The van der Waals surface area contributed by atoms with Crippen LogP contribution in [0.25, 0.3) is 5.65 Å². The lowest BCUT2D eigenvalue weighted by molar-refractivity contribution is -0.142. The summed E-state index contributed by atoms with van der Waals surface area (Å²) in [7, 11) is 0. The largest absolute Gasteiger partial charge is 0.466 e. The Kier molecular flexibility index (Phi) is 2.95. The van der Waals surface area contributed by atoms with Crippen molar-refractivity contribution in [2.24, 2.45) is 0 Å². The second-order valence-electron chi connectivity index (χ2n) is 3.70. The first kappa shape index (κ1) is 11.4. The van der Waals surface area contributed by atoms with Crippen LogP contribution in [0.4, 0.5) is 0 Å². The van der Waals surface area contributed by atoms with E-state index < -0.39 is 0 Å². The third-order valence-corrected chi connectivity index (χ3v) is 2.27. The molecule has 0 aromatic carbocycles. The van der Waals surface area contributed by atoms with E-state index in [1.807, 2.05) is 0 Å². The molecule has 0 atom stereocenters. The van der Waals surface area contributed by atoms with Crippen molar-refractivity contribution in [3.05, 3.63) is 33.9 Å². The Morgan fingerprint density at radius 2 is 2.29 bits per heavy atom. The third-order valence-electron chi connectivity index (χ3n) is 2.27. The number of aromatic nitrogens is 3. The summed E-state index contributed by atoms with van der Waals surface area (Å²) in [4.78, 5) is 26.0. The molecule has 0 saturated heterocycles. The van der Waals surface area contributed by atoms with Gasteiger partial charge in [0, 0.05) is 17.8 Å². The first-order valence-corrected chi connectivity index (χ1v) is 5.34. The second-order valence-corrected chi connectivity index (χ2v) is 3.70. The van der Waals surface area contributed by atoms with Gasteiger partial charge < -0.3 is 9.72 Å². The van der Waals surface area contributed by atoms with Gasteiger partial charge in [0.2, 0.25) is 0 Å². The minimum Gasteiger partial charge on any atom is -0.466 e. The van der Waals surface area contributed by atoms with Crippen molar-refractivity contribution >= 4 is 11.6 Å². The van der Waals surface area contributed by atoms with Gasteiger partial charge in [0.15, 0.2) is 0 Å². The molecule has 0 fully saturated rings. The fraction of sp³-hybridized carbons (Fsp3) is 0.364. The lowest BCUT2D eigenvalue weighted by Crippen LogP contribution is -2.17. The number of rotatable bonds is 3. The summed E-state index contributed by atoms with van der Waals surface area (Å²) < 4.78 is 6.09. The summed E-state index contributed by atoms with van der Waals surface area (Å²) in [6.07, 6.45) is 0.0593. The van der Waals surface area contributed by atoms with Crippen molar-refractivity contribution in [3.63, 3.8) is 0 Å². The maximum Gasteiger partial charge on any atom is 0.311 e. The molecule has 17 heavy (non-hydrogen) atoms. The predicted molar refractivity (Wildman–Crippen MR) is 60.9 cm³/mol. The van der Waals surface area contributed by atoms with E-state index in [1.165, 1.54) is 10.6 Å². The zero-order valence-corrected chi connectivity index (χ0v) is 9.69. The van der Waals surface area contributed by atoms with Crippen molar-refractivity contribution in [2.45, 2.75) is 20.3 Å². The van der Waals surface area contributed by atoms with Gasteiger partial charge >= 0.3 is 5.97 Å². The van der Waals surface area contributed by atoms with Gasteiger partial charge in [-0.1, -0.05) is 0 Å². The second kappa shape index (κ2) is 4.40. The van der Waals surface area contributed by atoms with Crippen LogP contribution in [0.2, 0.25) is 0 Å². The predicted octanol–water partition coefficient (Wildman–Crippen LogP) is 0.437. The molecule has 0 aliphatic carbocycles. The smallest absolute Gasteiger partial charge is 0.311 e. The zero-order chi connectivity index (χ0) is 12.4. The maximum atomic E-state index is 11.7. The fourth-order valence-electron chi connectivity index (χ4n) is 1.63. The van der Waals surface area contributed by atoms with E-state index in [9.17, 15) is 9.59 Å². The summed E-state index contributed by atoms with van der Waals surface area (Å²) >= 11 is 0. The molecule has 0 bridgehead atoms. The molecule has 0 radical (unpaired) electrons. The summed E-state index contributed by atoms with van der Waals surface area (Å²) in [5, 5.41) is 4.03. The maximum absolute atomic E-state index is 11.7. The lowest BCUT2D eigenvalue weighted by Gasteiger charge is -2.02. The quantitative estimate of drug-likeness (QED) is 0.783. The van der Waals surface area contributed by atoms with Crippen LogP contribution in [-0.2, 0) is 16.0 Å². The number of carbonyl (C=O) groups is 1. The highest BCUT2D eigenvalue weighted by molar-refractivity contribution is 5.72. The molecule has 6 nitrogen and oxygen atoms in total. The van der Waals surface area contributed by atoms with Crippen LogP contribution in [0.3, 0.4) is 0 Å². The van der Waals surface area contributed by atoms with Crippen LogP contribution in [0.15, 0.2) is 16.9 Å². The normalized spacial score (nSPS) is 10.7. The molecule has 0 aliphatic rings. The topological polar surface area (TPSA) is 76.5 Å². The summed E-state index contributed by atoms with van der Waals surface area (Å²) in [5.74, 6) is -0.358. The SMILES string of the molecule is CCOC(=O)Cc1cc(=O)n2nc(C)cc2[nH]1. The molecule has 6 heteroatoms. The molecule has 0 aliphatic heterocycles. The van der Waals surface area contributed by atoms with Crippen LogP contribution in [-0.4, -0.2) is 27.2 Å². The summed E-state index contributed by atoms with van der Waals surface area (Å²) in [6.45, 7) is 3.87. The minimum absolute atomic E-state index is 0.0593. The molecule has 0 spiro atoms. The van der Waals surface area contributed by atoms with Gasteiger partial charge in [-0.15, -0.1) is 0 Å². The lowest BCUT2D eigenvalue weighted by atomic mass is 10.3. The monoisotopic (exact) mass is 235 g/mol. The average molecular weight is 235 g/mol. The number of esters is 1. The Bertz CT molecular complexity index is 612. The Labute approximate surface area is 97.2 Å². The molecule has 2 rings (SSSR count). The van der Waals surface area contributed by atoms with Crippen LogP contribution < -0.4 is 5.56 Å². The highest BCUT2D eigenvalue weighted by Gasteiger charge is 2.08. The standard InChI is InChI=1S/C11H13N3O3/c1-3-17-11(16)6-8-5-10(15)14-9(12-8)4-7(2)13-14/h4-5,12H,3,6H2,1-2H3. The molecular formula is C11H13N3O3. The Balaban J connectivity index is 2.36. The van der Waals surface area contributed by atoms with E-state index in [0.29, 0.717) is 17.9 Å². The number of fused-ring (bicyclic) bond motifs is 1. The minimum atomic E-state index is -0.358. The Hall–Kier alpha value is -2.11. The van der Waals surface area contributed by atoms with Crippen molar-refractivity contribution in [1.29, 1.82) is 0 Å². The molecule has 0 saturated carbocycles. The summed E-state index contributed by atoms with van der Waals surface area (Å²) in [5.41, 5.74) is 1.59. The van der Waals surface area contributed by atoms with Crippen molar-refractivity contribution in [1.82, 2.24) is 14.6 Å². The van der Waals surface area contributed by atoms with Gasteiger partial charge in [-0.25, -0.2) is 0 Å². The van der Waals surface area contributed by atoms with E-state index in [4.69, 9.17) is 4.74 Å². The molecule has 0 amide bonds. The molecule has 2 heterocycles. The Morgan fingerprint density at radius 3 is 3.00 bits per heavy atom. The number of ether oxygens (including phenoxy) is 1. The van der Waals surface area contributed by atoms with E-state index in [-0.39, 0.29) is 17.9 Å². The number of carbonyl (C=O) groups excluding carboxylic acids is 1. The number of aryl methyl sites for hydroxylation is 1. The average Bonchev–Trinajstić information content (AvgIpc) is 2.59. The number of hydrogen-bond acceptors (Lipinski definition) is 4. The van der Waals surface area contributed by atoms with Gasteiger partial charge in [0.1, 0.15) is 5.65 Å². The van der Waals surface area contributed by atoms with Gasteiger partial charge in [-0.2, -0.15) is 9.61 Å². The molecule has 1 N–H and O–H groups in total. The number of H-pyrrole nitrogens is 1. The van der Waals surface area contributed by atoms with E-state index in [2.05, 4.69) is 10.1 Å². The summed E-state index contributed by atoms with van der Waals surface area (Å²) in [6, 6.07) is 3.10. The van der Waals surface area contributed by atoms with Crippen LogP contribution in [0.5, 0.6) is 0 Å². The number of nitrogens with one attached hydrogen (secondary N) is 1. The van der Waals surface area contributed by atoms with Crippen molar-refractivity contribution in [3.8, 4) is 0 Å².